The van der Waals surface area contributed by atoms with Crippen molar-refractivity contribution in [2.45, 2.75) is 59.7 Å². The third-order valence-electron chi connectivity index (χ3n) is 5.93. The van der Waals surface area contributed by atoms with Gasteiger partial charge in [-0.2, -0.15) is 5.10 Å². The van der Waals surface area contributed by atoms with Crippen LogP contribution in [0.5, 0.6) is 0 Å². The molecule has 1 fully saturated rings. The number of hydrogen-bond acceptors (Lipinski definition) is 3. The van der Waals surface area contributed by atoms with Crippen LogP contribution in [0.25, 0.3) is 0 Å². The summed E-state index contributed by atoms with van der Waals surface area (Å²) in [6.07, 6.45) is 3.66. The van der Waals surface area contributed by atoms with Crippen molar-refractivity contribution in [1.29, 1.82) is 0 Å². The fourth-order valence-electron chi connectivity index (χ4n) is 3.98. The molecule has 1 aliphatic rings. The van der Waals surface area contributed by atoms with Crippen LogP contribution < -0.4 is 10.6 Å². The fourth-order valence-corrected chi connectivity index (χ4v) is 3.98. The molecular weight excluding hydrogens is 372 g/mol. The molecule has 1 aromatic heterocycles. The zero-order valence-electron chi connectivity index (χ0n) is 19.1. The monoisotopic (exact) mass is 410 g/mol. The van der Waals surface area contributed by atoms with Crippen LogP contribution in [-0.2, 0) is 19.6 Å². The minimum absolute atomic E-state index is 0.776. The van der Waals surface area contributed by atoms with Gasteiger partial charge in [-0.1, -0.05) is 31.2 Å². The molecule has 1 saturated heterocycles. The van der Waals surface area contributed by atoms with Crippen LogP contribution >= 0.6 is 0 Å². The van der Waals surface area contributed by atoms with Crippen molar-refractivity contribution in [3.8, 4) is 0 Å². The van der Waals surface area contributed by atoms with Crippen molar-refractivity contribution in [3.63, 3.8) is 0 Å². The summed E-state index contributed by atoms with van der Waals surface area (Å²) >= 11 is 0. The van der Waals surface area contributed by atoms with Crippen LogP contribution in [0, 0.1) is 19.8 Å². The maximum absolute atomic E-state index is 4.51. The summed E-state index contributed by atoms with van der Waals surface area (Å²) in [6, 6.07) is 11.1. The molecule has 2 aromatic rings. The first-order valence-corrected chi connectivity index (χ1v) is 11.3. The van der Waals surface area contributed by atoms with E-state index in [2.05, 4.69) is 74.5 Å². The van der Waals surface area contributed by atoms with Gasteiger partial charge in [-0.05, 0) is 69.3 Å². The molecular formula is C24H38N6. The Bertz CT molecular complexity index is 800. The van der Waals surface area contributed by atoms with Crippen molar-refractivity contribution in [3.05, 3.63) is 52.8 Å². The Balaban J connectivity index is 1.36. The lowest BCUT2D eigenvalue weighted by Gasteiger charge is -2.30. The first-order chi connectivity index (χ1) is 14.5. The minimum atomic E-state index is 0.776. The number of nitrogens with one attached hydrogen (secondary N) is 2. The van der Waals surface area contributed by atoms with Crippen LogP contribution in [0.3, 0.4) is 0 Å². The van der Waals surface area contributed by atoms with Crippen molar-refractivity contribution < 1.29 is 0 Å². The molecule has 0 radical (unpaired) electrons. The highest BCUT2D eigenvalue weighted by atomic mass is 15.3. The molecule has 1 aromatic carbocycles. The number of piperidine rings is 1. The van der Waals surface area contributed by atoms with Crippen molar-refractivity contribution in [2.75, 3.05) is 26.7 Å². The lowest BCUT2D eigenvalue weighted by Crippen LogP contribution is -2.37. The van der Waals surface area contributed by atoms with E-state index in [1.165, 1.54) is 42.8 Å². The molecule has 2 N–H and O–H groups in total. The molecule has 6 heteroatoms. The molecule has 164 valence electrons. The molecule has 6 nitrogen and oxygen atoms in total. The molecule has 2 heterocycles. The topological polar surface area (TPSA) is 57.5 Å². The smallest absolute Gasteiger partial charge is 0.191 e. The number of hydrogen-bond donors (Lipinski definition) is 2. The van der Waals surface area contributed by atoms with Gasteiger partial charge in [0.15, 0.2) is 5.96 Å². The van der Waals surface area contributed by atoms with Crippen molar-refractivity contribution >= 4 is 5.96 Å². The Morgan fingerprint density at radius 1 is 1.10 bits per heavy atom. The summed E-state index contributed by atoms with van der Waals surface area (Å²) in [5.74, 6) is 1.73. The van der Waals surface area contributed by atoms with Gasteiger partial charge in [-0.3, -0.25) is 14.6 Å². The first-order valence-electron chi connectivity index (χ1n) is 11.3. The summed E-state index contributed by atoms with van der Waals surface area (Å²) in [7, 11) is 1.82. The number of nitrogens with zero attached hydrogens (tertiary/aromatic N) is 4. The van der Waals surface area contributed by atoms with Crippen molar-refractivity contribution in [1.82, 2.24) is 25.3 Å². The summed E-state index contributed by atoms with van der Waals surface area (Å²) in [4.78, 5) is 6.91. The number of aromatic nitrogens is 2. The second-order valence-electron chi connectivity index (χ2n) is 8.63. The lowest BCUT2D eigenvalue weighted by molar-refractivity contribution is 0.185. The molecule has 0 spiro atoms. The van der Waals surface area contributed by atoms with Gasteiger partial charge < -0.3 is 10.6 Å². The maximum atomic E-state index is 4.51. The number of benzene rings is 1. The zero-order chi connectivity index (χ0) is 21.3. The third kappa shape index (κ3) is 6.87. The Morgan fingerprint density at radius 2 is 1.80 bits per heavy atom. The second-order valence-corrected chi connectivity index (χ2v) is 8.63. The number of aliphatic imine (C=N–C) groups is 1. The molecule has 0 saturated carbocycles. The van der Waals surface area contributed by atoms with E-state index in [1.54, 1.807) is 0 Å². The van der Waals surface area contributed by atoms with Crippen LogP contribution in [0.15, 0.2) is 35.3 Å². The lowest BCUT2D eigenvalue weighted by atomic mass is 9.99. The Labute approximate surface area is 181 Å². The van der Waals surface area contributed by atoms with Gasteiger partial charge in [0.2, 0.25) is 0 Å². The second kappa shape index (κ2) is 11.2. The fraction of sp³-hybridized carbons (Fsp3) is 0.583. The van der Waals surface area contributed by atoms with E-state index < -0.39 is 0 Å². The van der Waals surface area contributed by atoms with Gasteiger partial charge in [-0.25, -0.2) is 0 Å². The minimum Gasteiger partial charge on any atom is -0.356 e. The SMILES string of the molecule is CN=C(NCCCn1nc(C)cc1C)NCc1ccc(CN2CCC(C)CC2)cc1. The number of aryl methyl sites for hydroxylation is 3. The van der Waals surface area contributed by atoms with Gasteiger partial charge in [0.1, 0.15) is 0 Å². The summed E-state index contributed by atoms with van der Waals surface area (Å²) in [5.41, 5.74) is 4.97. The third-order valence-corrected chi connectivity index (χ3v) is 5.93. The maximum Gasteiger partial charge on any atom is 0.191 e. The molecule has 0 atom stereocenters. The van der Waals surface area contributed by atoms with E-state index in [0.717, 1.165) is 50.2 Å². The predicted molar refractivity (Wildman–Crippen MR) is 125 cm³/mol. The van der Waals surface area contributed by atoms with E-state index in [4.69, 9.17) is 0 Å². The number of likely N-dealkylation sites (tertiary alicyclic amines) is 1. The van der Waals surface area contributed by atoms with Gasteiger partial charge in [0, 0.05) is 38.9 Å². The number of guanidine groups is 1. The van der Waals surface area contributed by atoms with Crippen LogP contribution in [0.4, 0.5) is 0 Å². The largest absolute Gasteiger partial charge is 0.356 e. The average molecular weight is 411 g/mol. The quantitative estimate of drug-likeness (QED) is 0.397. The first kappa shape index (κ1) is 22.3. The molecule has 0 amide bonds. The van der Waals surface area contributed by atoms with Gasteiger partial charge >= 0.3 is 0 Å². The van der Waals surface area contributed by atoms with Crippen LogP contribution in [0.2, 0.25) is 0 Å². The molecule has 30 heavy (non-hydrogen) atoms. The highest BCUT2D eigenvalue weighted by molar-refractivity contribution is 5.79. The Kier molecular flexibility index (Phi) is 8.31. The van der Waals surface area contributed by atoms with Crippen molar-refractivity contribution in [2.24, 2.45) is 10.9 Å². The van der Waals surface area contributed by atoms with E-state index in [-0.39, 0.29) is 0 Å². The average Bonchev–Trinajstić information content (AvgIpc) is 3.07. The molecule has 3 rings (SSSR count). The summed E-state index contributed by atoms with van der Waals surface area (Å²) < 4.78 is 2.07. The van der Waals surface area contributed by atoms with E-state index >= 15 is 0 Å². The highest BCUT2D eigenvalue weighted by Gasteiger charge is 2.15. The highest BCUT2D eigenvalue weighted by Crippen LogP contribution is 2.18. The molecule has 0 aliphatic carbocycles. The molecule has 1 aliphatic heterocycles. The Hall–Kier alpha value is -2.34. The van der Waals surface area contributed by atoms with E-state index in [1.807, 2.05) is 14.0 Å². The zero-order valence-corrected chi connectivity index (χ0v) is 19.1. The van der Waals surface area contributed by atoms with E-state index in [0.29, 0.717) is 0 Å². The molecule has 0 bridgehead atoms. The Morgan fingerprint density at radius 3 is 2.43 bits per heavy atom. The summed E-state index contributed by atoms with van der Waals surface area (Å²) in [5, 5.41) is 11.3. The van der Waals surface area contributed by atoms with Crippen LogP contribution in [0.1, 0.15) is 48.7 Å². The van der Waals surface area contributed by atoms with Gasteiger partial charge in [0.05, 0.1) is 5.69 Å². The summed E-state index contributed by atoms with van der Waals surface area (Å²) in [6.45, 7) is 12.6. The standard InChI is InChI=1S/C24H38N6/c1-19-10-14-29(15-11-19)18-23-8-6-22(7-9-23)17-27-24(25-4)26-12-5-13-30-21(3)16-20(2)28-30/h6-9,16,19H,5,10-15,17-18H2,1-4H3,(H2,25,26,27). The number of rotatable bonds is 8. The molecule has 0 unspecified atom stereocenters. The normalized spacial score (nSPS) is 16.1. The van der Waals surface area contributed by atoms with Crippen LogP contribution in [-0.4, -0.2) is 47.3 Å². The predicted octanol–water partition coefficient (Wildman–Crippen LogP) is 3.49. The van der Waals surface area contributed by atoms with Gasteiger partial charge in [0.25, 0.3) is 0 Å². The van der Waals surface area contributed by atoms with Gasteiger partial charge in [-0.15, -0.1) is 0 Å². The van der Waals surface area contributed by atoms with E-state index in [9.17, 15) is 0 Å².